The highest BCUT2D eigenvalue weighted by atomic mass is 15.0. The number of pyridine rings is 2. The van der Waals surface area contributed by atoms with Crippen molar-refractivity contribution < 1.29 is 0 Å². The number of hydrogen-bond acceptors (Lipinski definition) is 3. The molecular weight excluding hydrogens is 234 g/mol. The molecule has 0 atom stereocenters. The summed E-state index contributed by atoms with van der Waals surface area (Å²) < 4.78 is 0. The molecule has 0 saturated heterocycles. The van der Waals surface area contributed by atoms with Gasteiger partial charge in [0, 0.05) is 6.20 Å². The van der Waals surface area contributed by atoms with Crippen LogP contribution in [0.3, 0.4) is 0 Å². The highest BCUT2D eigenvalue weighted by Gasteiger charge is 2.03. The van der Waals surface area contributed by atoms with Crippen LogP contribution >= 0.6 is 0 Å². The van der Waals surface area contributed by atoms with E-state index in [1.54, 1.807) is 6.20 Å². The Morgan fingerprint density at radius 2 is 2.00 bits per heavy atom. The fourth-order valence-corrected chi connectivity index (χ4v) is 2.34. The number of nitrogens with zero attached hydrogens (tertiary/aromatic N) is 2. The van der Waals surface area contributed by atoms with Crippen LogP contribution < -0.4 is 15.9 Å². The van der Waals surface area contributed by atoms with Crippen molar-refractivity contribution in [1.29, 1.82) is 0 Å². The number of anilines is 2. The first kappa shape index (κ1) is 11.9. The zero-order valence-corrected chi connectivity index (χ0v) is 11.3. The quantitative estimate of drug-likeness (QED) is 0.889. The summed E-state index contributed by atoms with van der Waals surface area (Å²) in [5.41, 5.74) is 2.55. The molecular formula is C16H17N3. The van der Waals surface area contributed by atoms with Gasteiger partial charge >= 0.3 is 0 Å². The second-order valence-electron chi connectivity index (χ2n) is 5.00. The first-order chi connectivity index (χ1) is 9.22. The molecule has 3 nitrogen and oxygen atoms in total. The van der Waals surface area contributed by atoms with Crippen LogP contribution in [0.2, 0.25) is 0 Å². The minimum absolute atomic E-state index is 0.838. The molecule has 0 unspecified atom stereocenters. The largest absolute Gasteiger partial charge is 0.325 e. The summed E-state index contributed by atoms with van der Waals surface area (Å²) in [5, 5.41) is 5.62. The Labute approximate surface area is 112 Å². The van der Waals surface area contributed by atoms with Crippen molar-refractivity contribution >= 4 is 23.3 Å². The van der Waals surface area contributed by atoms with Crippen LogP contribution in [0.4, 0.5) is 11.6 Å². The lowest BCUT2D eigenvalue weighted by Crippen LogP contribution is -2.32. The van der Waals surface area contributed by atoms with E-state index in [0.29, 0.717) is 0 Å². The van der Waals surface area contributed by atoms with Crippen LogP contribution in [-0.2, 0) is 0 Å². The average Bonchev–Trinajstić information content (AvgIpc) is 2.40. The minimum atomic E-state index is 0.838. The Kier molecular flexibility index (Phi) is 3.03. The van der Waals surface area contributed by atoms with E-state index in [1.807, 2.05) is 18.2 Å². The molecule has 3 rings (SSSR count). The van der Waals surface area contributed by atoms with Crippen LogP contribution in [0, 0.1) is 6.92 Å². The molecule has 0 aromatic carbocycles. The zero-order chi connectivity index (χ0) is 13.2. The second kappa shape index (κ2) is 4.84. The van der Waals surface area contributed by atoms with Gasteiger partial charge in [0.2, 0.25) is 0 Å². The maximum atomic E-state index is 4.70. The summed E-state index contributed by atoms with van der Waals surface area (Å²) in [5.74, 6) is 1.69. The van der Waals surface area contributed by atoms with Crippen LogP contribution in [0.5, 0.6) is 0 Å². The van der Waals surface area contributed by atoms with Gasteiger partial charge in [-0.3, -0.25) is 0 Å². The Bertz CT molecular complexity index is 732. The van der Waals surface area contributed by atoms with Gasteiger partial charge in [0.25, 0.3) is 0 Å². The highest BCUT2D eigenvalue weighted by molar-refractivity contribution is 5.54. The number of nitrogens with one attached hydrogen (secondary N) is 1. The van der Waals surface area contributed by atoms with Crippen LogP contribution in [0.1, 0.15) is 25.3 Å². The minimum Gasteiger partial charge on any atom is -0.325 e. The zero-order valence-electron chi connectivity index (χ0n) is 11.3. The van der Waals surface area contributed by atoms with E-state index in [0.717, 1.165) is 29.8 Å². The molecule has 0 amide bonds. The van der Waals surface area contributed by atoms with Crippen molar-refractivity contribution in [3.05, 3.63) is 46.6 Å². The van der Waals surface area contributed by atoms with Crippen LogP contribution in [-0.4, -0.2) is 9.97 Å². The number of fused-ring (bicyclic) bond motifs is 1. The van der Waals surface area contributed by atoms with Gasteiger partial charge in [0.15, 0.2) is 0 Å². The van der Waals surface area contributed by atoms with Crippen molar-refractivity contribution in [2.75, 3.05) is 5.32 Å². The average molecular weight is 251 g/mol. The molecule has 0 aliphatic heterocycles. The van der Waals surface area contributed by atoms with E-state index in [2.05, 4.69) is 36.3 Å². The molecule has 0 bridgehead atoms. The predicted molar refractivity (Wildman–Crippen MR) is 78.5 cm³/mol. The molecule has 2 heterocycles. The Morgan fingerprint density at radius 1 is 1.11 bits per heavy atom. The SMILES string of the molecule is CC1=c2nc(Nc3cc(C)ccn3)ccc2=CCC1. The predicted octanol–water partition coefficient (Wildman–Crippen LogP) is 2.27. The summed E-state index contributed by atoms with van der Waals surface area (Å²) in [7, 11) is 0. The maximum Gasteiger partial charge on any atom is 0.132 e. The van der Waals surface area contributed by atoms with E-state index in [1.165, 1.54) is 16.4 Å². The van der Waals surface area contributed by atoms with Crippen molar-refractivity contribution in [3.63, 3.8) is 0 Å². The lowest BCUT2D eigenvalue weighted by atomic mass is 10.0. The second-order valence-corrected chi connectivity index (χ2v) is 5.00. The summed E-state index contributed by atoms with van der Waals surface area (Å²) in [4.78, 5) is 9.00. The molecule has 1 aliphatic rings. The number of rotatable bonds is 2. The fraction of sp³-hybridized carbons (Fsp3) is 0.250. The van der Waals surface area contributed by atoms with E-state index in [9.17, 15) is 0 Å². The van der Waals surface area contributed by atoms with E-state index in [-0.39, 0.29) is 0 Å². The van der Waals surface area contributed by atoms with Crippen molar-refractivity contribution in [3.8, 4) is 0 Å². The van der Waals surface area contributed by atoms with Gasteiger partial charge in [-0.2, -0.15) is 0 Å². The summed E-state index contributed by atoms with van der Waals surface area (Å²) in [6.45, 7) is 4.22. The Balaban J connectivity index is 2.00. The first-order valence-corrected chi connectivity index (χ1v) is 6.59. The van der Waals surface area contributed by atoms with Crippen molar-refractivity contribution in [1.82, 2.24) is 9.97 Å². The molecule has 1 N–H and O–H groups in total. The van der Waals surface area contributed by atoms with Gasteiger partial charge in [-0.1, -0.05) is 6.08 Å². The molecule has 2 aromatic heterocycles. The number of hydrogen-bond donors (Lipinski definition) is 1. The maximum absolute atomic E-state index is 4.70. The van der Waals surface area contributed by atoms with Gasteiger partial charge in [0.05, 0.1) is 5.35 Å². The molecule has 0 saturated carbocycles. The van der Waals surface area contributed by atoms with Crippen LogP contribution in [0.25, 0.3) is 11.6 Å². The lowest BCUT2D eigenvalue weighted by molar-refractivity contribution is 1.03. The normalized spacial score (nSPS) is 13.7. The molecule has 96 valence electrons. The van der Waals surface area contributed by atoms with Gasteiger partial charge in [-0.25, -0.2) is 9.97 Å². The Hall–Kier alpha value is -2.16. The molecule has 19 heavy (non-hydrogen) atoms. The lowest BCUT2D eigenvalue weighted by Gasteiger charge is -2.09. The van der Waals surface area contributed by atoms with Crippen molar-refractivity contribution in [2.24, 2.45) is 0 Å². The fourth-order valence-electron chi connectivity index (χ4n) is 2.34. The topological polar surface area (TPSA) is 37.8 Å². The molecule has 0 fully saturated rings. The number of aryl methyl sites for hydroxylation is 1. The van der Waals surface area contributed by atoms with Gasteiger partial charge in [-0.05, 0) is 67.3 Å². The molecule has 0 spiro atoms. The summed E-state index contributed by atoms with van der Waals surface area (Å²) in [6, 6.07) is 8.14. The highest BCUT2D eigenvalue weighted by Crippen LogP contribution is 2.12. The monoisotopic (exact) mass is 251 g/mol. The van der Waals surface area contributed by atoms with E-state index < -0.39 is 0 Å². The van der Waals surface area contributed by atoms with Gasteiger partial charge < -0.3 is 5.32 Å². The third-order valence-corrected chi connectivity index (χ3v) is 3.39. The first-order valence-electron chi connectivity index (χ1n) is 6.59. The van der Waals surface area contributed by atoms with Gasteiger partial charge in [0.1, 0.15) is 11.6 Å². The summed E-state index contributed by atoms with van der Waals surface area (Å²) in [6.07, 6.45) is 6.28. The van der Waals surface area contributed by atoms with Crippen molar-refractivity contribution in [2.45, 2.75) is 26.7 Å². The van der Waals surface area contributed by atoms with E-state index >= 15 is 0 Å². The molecule has 1 aliphatic carbocycles. The molecule has 2 aromatic rings. The standard InChI is InChI=1S/C16H17N3/c1-11-8-9-17-15(10-11)18-14-7-6-13-5-3-4-12(2)16(13)19-14/h5-10H,3-4H2,1-2H3,(H,17,18,19). The third-order valence-electron chi connectivity index (χ3n) is 3.39. The smallest absolute Gasteiger partial charge is 0.132 e. The third kappa shape index (κ3) is 2.50. The van der Waals surface area contributed by atoms with E-state index in [4.69, 9.17) is 4.98 Å². The van der Waals surface area contributed by atoms with Gasteiger partial charge in [-0.15, -0.1) is 0 Å². The molecule has 3 heteroatoms. The Morgan fingerprint density at radius 3 is 2.84 bits per heavy atom. The molecule has 0 radical (unpaired) electrons. The van der Waals surface area contributed by atoms with Crippen LogP contribution in [0.15, 0.2) is 30.5 Å². The number of aromatic nitrogens is 2. The summed E-state index contributed by atoms with van der Waals surface area (Å²) >= 11 is 0.